The predicted octanol–water partition coefficient (Wildman–Crippen LogP) is 3.47. The maximum absolute atomic E-state index is 12.7. The van der Waals surface area contributed by atoms with E-state index in [1.54, 1.807) is 0 Å². The van der Waals surface area contributed by atoms with Gasteiger partial charge in [0.1, 0.15) is 5.78 Å². The molecule has 2 heteroatoms. The Balaban J connectivity index is 1.92. The van der Waals surface area contributed by atoms with E-state index in [1.165, 1.54) is 10.8 Å². The second-order valence-corrected chi connectivity index (χ2v) is 6.15. The molecule has 20 heavy (non-hydrogen) atoms. The average Bonchev–Trinajstić information content (AvgIpc) is 2.80. The fourth-order valence-electron chi connectivity index (χ4n) is 3.36. The molecule has 2 aromatic rings. The second kappa shape index (κ2) is 5.02. The topological polar surface area (TPSA) is 43.1 Å². The van der Waals surface area contributed by atoms with E-state index >= 15 is 0 Å². The summed E-state index contributed by atoms with van der Waals surface area (Å²) in [6.45, 7) is 2.04. The van der Waals surface area contributed by atoms with Gasteiger partial charge in [-0.05, 0) is 29.2 Å². The van der Waals surface area contributed by atoms with Crippen LogP contribution in [-0.4, -0.2) is 11.8 Å². The van der Waals surface area contributed by atoms with Crippen molar-refractivity contribution in [1.82, 2.24) is 0 Å². The van der Waals surface area contributed by atoms with Crippen LogP contribution in [0.2, 0.25) is 0 Å². The van der Waals surface area contributed by atoms with Crippen molar-refractivity contribution in [3.8, 4) is 0 Å². The Bertz CT molecular complexity index is 643. The number of rotatable bonds is 3. The highest BCUT2D eigenvalue weighted by molar-refractivity contribution is 5.93. The first kappa shape index (κ1) is 13.3. The number of carbonyl (C=O) groups excluding carboxylic acids is 1. The maximum atomic E-state index is 12.7. The van der Waals surface area contributed by atoms with Gasteiger partial charge in [0, 0.05) is 17.9 Å². The Labute approximate surface area is 120 Å². The van der Waals surface area contributed by atoms with Gasteiger partial charge in [0.05, 0.1) is 0 Å². The van der Waals surface area contributed by atoms with Crippen LogP contribution in [0.1, 0.15) is 31.7 Å². The second-order valence-electron chi connectivity index (χ2n) is 6.15. The fourth-order valence-corrected chi connectivity index (χ4v) is 3.36. The summed E-state index contributed by atoms with van der Waals surface area (Å²) >= 11 is 0. The number of fused-ring (bicyclic) bond motifs is 1. The first-order valence-electron chi connectivity index (χ1n) is 7.37. The van der Waals surface area contributed by atoms with Gasteiger partial charge >= 0.3 is 0 Å². The maximum Gasteiger partial charge on any atom is 0.144 e. The molecule has 1 aliphatic carbocycles. The number of benzene rings is 2. The van der Waals surface area contributed by atoms with Crippen LogP contribution in [0.3, 0.4) is 0 Å². The fraction of sp³-hybridized carbons (Fsp3) is 0.389. The van der Waals surface area contributed by atoms with E-state index in [1.807, 2.05) is 25.1 Å². The summed E-state index contributed by atoms with van der Waals surface area (Å²) in [5.41, 5.74) is 6.94. The van der Waals surface area contributed by atoms with Gasteiger partial charge in [0.25, 0.3) is 0 Å². The van der Waals surface area contributed by atoms with Crippen molar-refractivity contribution in [3.63, 3.8) is 0 Å². The molecule has 0 spiro atoms. The SMILES string of the molecule is CC1(C(=O)Cc2cccc3ccccc23)CCCC1N. The molecule has 0 heterocycles. The molecular weight excluding hydrogens is 246 g/mol. The van der Waals surface area contributed by atoms with Crippen LogP contribution in [-0.2, 0) is 11.2 Å². The highest BCUT2D eigenvalue weighted by atomic mass is 16.1. The molecule has 2 nitrogen and oxygen atoms in total. The van der Waals surface area contributed by atoms with E-state index in [0.29, 0.717) is 12.2 Å². The summed E-state index contributed by atoms with van der Waals surface area (Å²) in [7, 11) is 0. The van der Waals surface area contributed by atoms with Gasteiger partial charge in [-0.15, -0.1) is 0 Å². The minimum absolute atomic E-state index is 0.0185. The minimum Gasteiger partial charge on any atom is -0.327 e. The van der Waals surface area contributed by atoms with E-state index in [2.05, 4.69) is 24.3 Å². The largest absolute Gasteiger partial charge is 0.327 e. The molecule has 0 aliphatic heterocycles. The van der Waals surface area contributed by atoms with Crippen molar-refractivity contribution in [2.24, 2.45) is 11.1 Å². The summed E-state index contributed by atoms with van der Waals surface area (Å²) in [4.78, 5) is 12.7. The third kappa shape index (κ3) is 2.14. The lowest BCUT2D eigenvalue weighted by atomic mass is 9.78. The highest BCUT2D eigenvalue weighted by Crippen LogP contribution is 2.38. The Morgan fingerprint density at radius 3 is 2.75 bits per heavy atom. The van der Waals surface area contributed by atoms with E-state index in [9.17, 15) is 4.79 Å². The highest BCUT2D eigenvalue weighted by Gasteiger charge is 2.42. The van der Waals surface area contributed by atoms with Gasteiger partial charge < -0.3 is 5.73 Å². The van der Waals surface area contributed by atoms with Gasteiger partial charge in [-0.3, -0.25) is 4.79 Å². The molecule has 2 N–H and O–H groups in total. The van der Waals surface area contributed by atoms with E-state index < -0.39 is 0 Å². The molecule has 1 saturated carbocycles. The van der Waals surface area contributed by atoms with Crippen molar-refractivity contribution in [3.05, 3.63) is 48.0 Å². The Morgan fingerprint density at radius 1 is 1.25 bits per heavy atom. The van der Waals surface area contributed by atoms with Crippen LogP contribution in [0.25, 0.3) is 10.8 Å². The Morgan fingerprint density at radius 2 is 2.00 bits per heavy atom. The lowest BCUT2D eigenvalue weighted by molar-refractivity contribution is -0.127. The zero-order chi connectivity index (χ0) is 14.2. The molecule has 2 atom stereocenters. The van der Waals surface area contributed by atoms with Crippen LogP contribution < -0.4 is 5.73 Å². The quantitative estimate of drug-likeness (QED) is 0.925. The standard InChI is InChI=1S/C18H21NO/c1-18(11-5-10-16(18)19)17(20)12-14-8-4-7-13-6-2-3-9-15(13)14/h2-4,6-9,16H,5,10-12,19H2,1H3. The molecule has 0 saturated heterocycles. The number of hydrogen-bond acceptors (Lipinski definition) is 2. The smallest absolute Gasteiger partial charge is 0.144 e. The van der Waals surface area contributed by atoms with Crippen molar-refractivity contribution < 1.29 is 4.79 Å². The molecule has 3 rings (SSSR count). The van der Waals surface area contributed by atoms with Crippen LogP contribution in [0.15, 0.2) is 42.5 Å². The molecule has 0 aromatic heterocycles. The van der Waals surface area contributed by atoms with Crippen molar-refractivity contribution in [2.75, 3.05) is 0 Å². The third-order valence-corrected chi connectivity index (χ3v) is 4.90. The van der Waals surface area contributed by atoms with Gasteiger partial charge in [-0.2, -0.15) is 0 Å². The van der Waals surface area contributed by atoms with Gasteiger partial charge in [-0.25, -0.2) is 0 Å². The number of Topliss-reactive ketones (excluding diaryl/α,β-unsaturated/α-hetero) is 1. The van der Waals surface area contributed by atoms with Gasteiger partial charge in [-0.1, -0.05) is 55.8 Å². The summed E-state index contributed by atoms with van der Waals surface area (Å²) in [5.74, 6) is 0.291. The molecule has 0 bridgehead atoms. The summed E-state index contributed by atoms with van der Waals surface area (Å²) in [5, 5.41) is 2.37. The van der Waals surface area contributed by atoms with Crippen LogP contribution in [0.4, 0.5) is 0 Å². The molecule has 1 aliphatic rings. The summed E-state index contributed by atoms with van der Waals surface area (Å²) in [6.07, 6.45) is 3.46. The zero-order valence-electron chi connectivity index (χ0n) is 11.9. The van der Waals surface area contributed by atoms with E-state index in [0.717, 1.165) is 24.8 Å². The van der Waals surface area contributed by atoms with Crippen LogP contribution in [0.5, 0.6) is 0 Å². The molecule has 2 aromatic carbocycles. The zero-order valence-corrected chi connectivity index (χ0v) is 11.9. The van der Waals surface area contributed by atoms with Crippen molar-refractivity contribution in [2.45, 2.75) is 38.6 Å². The number of carbonyl (C=O) groups is 1. The van der Waals surface area contributed by atoms with Crippen molar-refractivity contribution in [1.29, 1.82) is 0 Å². The monoisotopic (exact) mass is 267 g/mol. The summed E-state index contributed by atoms with van der Waals surface area (Å²) in [6, 6.07) is 14.4. The summed E-state index contributed by atoms with van der Waals surface area (Å²) < 4.78 is 0. The minimum atomic E-state index is -0.336. The number of nitrogens with two attached hydrogens (primary N) is 1. The molecule has 104 valence electrons. The van der Waals surface area contributed by atoms with Crippen LogP contribution in [0, 0.1) is 5.41 Å². The van der Waals surface area contributed by atoms with Crippen LogP contribution >= 0.6 is 0 Å². The van der Waals surface area contributed by atoms with Gasteiger partial charge in [0.2, 0.25) is 0 Å². The first-order valence-corrected chi connectivity index (χ1v) is 7.37. The molecule has 1 fully saturated rings. The number of ketones is 1. The molecule has 0 radical (unpaired) electrons. The lowest BCUT2D eigenvalue weighted by Crippen LogP contribution is -2.41. The molecular formula is C18H21NO. The first-order chi connectivity index (χ1) is 9.61. The average molecular weight is 267 g/mol. The number of hydrogen-bond donors (Lipinski definition) is 1. The van der Waals surface area contributed by atoms with Gasteiger partial charge in [0.15, 0.2) is 0 Å². The van der Waals surface area contributed by atoms with E-state index in [-0.39, 0.29) is 11.5 Å². The Kier molecular flexibility index (Phi) is 3.35. The molecule has 2 unspecified atom stereocenters. The predicted molar refractivity (Wildman–Crippen MR) is 82.6 cm³/mol. The normalized spacial score (nSPS) is 26.0. The lowest BCUT2D eigenvalue weighted by Gasteiger charge is -2.27. The van der Waals surface area contributed by atoms with E-state index in [4.69, 9.17) is 5.73 Å². The molecule has 0 amide bonds. The Hall–Kier alpha value is -1.67. The third-order valence-electron chi connectivity index (χ3n) is 4.90. The van der Waals surface area contributed by atoms with Crippen molar-refractivity contribution >= 4 is 16.6 Å².